The number of aliphatic carboxylic acids is 1. The van der Waals surface area contributed by atoms with Crippen LogP contribution in [0.4, 0.5) is 16.5 Å². The Balaban J connectivity index is 1.51. The van der Waals surface area contributed by atoms with Crippen LogP contribution in [0.15, 0.2) is 54.7 Å². The van der Waals surface area contributed by atoms with Crippen molar-refractivity contribution >= 4 is 56.9 Å². The zero-order chi connectivity index (χ0) is 25.8. The van der Waals surface area contributed by atoms with Gasteiger partial charge in [-0.05, 0) is 55.7 Å². The Morgan fingerprint density at radius 2 is 1.78 bits per heavy atom. The van der Waals surface area contributed by atoms with Gasteiger partial charge in [-0.1, -0.05) is 18.2 Å². The van der Waals surface area contributed by atoms with Crippen molar-refractivity contribution in [3.05, 3.63) is 71.5 Å². The molecule has 4 rings (SSSR count). The second kappa shape index (κ2) is 10.5. The van der Waals surface area contributed by atoms with Gasteiger partial charge in [0.05, 0.1) is 34.6 Å². The molecule has 4 aromatic rings. The molecule has 0 aliphatic heterocycles. The molecule has 0 radical (unpaired) electrons. The van der Waals surface area contributed by atoms with E-state index in [9.17, 15) is 24.6 Å². The molecular formula is C24H22N6O5S. The fraction of sp³-hybridized carbons (Fsp3) is 0.167. The second-order valence-corrected chi connectivity index (χ2v) is 8.68. The number of aliphatic hydroxyl groups excluding tert-OH is 1. The molecule has 5 N–H and O–H groups in total. The lowest BCUT2D eigenvalue weighted by Crippen LogP contribution is -2.47. The van der Waals surface area contributed by atoms with Crippen LogP contribution in [0, 0.1) is 6.92 Å². The van der Waals surface area contributed by atoms with E-state index < -0.39 is 29.9 Å². The molecule has 0 fully saturated rings. The largest absolute Gasteiger partial charge is 0.480 e. The van der Waals surface area contributed by atoms with Gasteiger partial charge in [-0.15, -0.1) is 0 Å². The summed E-state index contributed by atoms with van der Waals surface area (Å²) < 4.78 is 4.28. The number of nitrogens with one attached hydrogen (secondary N) is 3. The van der Waals surface area contributed by atoms with E-state index in [1.807, 2.05) is 24.3 Å². The molecule has 2 aromatic heterocycles. The number of aromatic nitrogens is 3. The topological polar surface area (TPSA) is 166 Å². The van der Waals surface area contributed by atoms with Crippen molar-refractivity contribution in [2.24, 2.45) is 0 Å². The van der Waals surface area contributed by atoms with E-state index in [0.717, 1.165) is 17.0 Å². The van der Waals surface area contributed by atoms with Crippen molar-refractivity contribution in [3.8, 4) is 0 Å². The Morgan fingerprint density at radius 3 is 2.50 bits per heavy atom. The predicted molar refractivity (Wildman–Crippen MR) is 135 cm³/mol. The highest BCUT2D eigenvalue weighted by atomic mass is 32.1. The van der Waals surface area contributed by atoms with Crippen molar-refractivity contribution in [2.45, 2.75) is 26.0 Å². The summed E-state index contributed by atoms with van der Waals surface area (Å²) in [5, 5.41) is 27.4. The number of hydrogen-bond donors (Lipinski definition) is 5. The van der Waals surface area contributed by atoms with Crippen LogP contribution < -0.4 is 16.0 Å². The molecule has 184 valence electrons. The van der Waals surface area contributed by atoms with Gasteiger partial charge >= 0.3 is 5.97 Å². The lowest BCUT2D eigenvalue weighted by molar-refractivity contribution is -0.141. The molecule has 2 atom stereocenters. The number of carboxylic acid groups (broad SMARTS) is 1. The average molecular weight is 507 g/mol. The number of carboxylic acids is 1. The molecule has 0 aliphatic carbocycles. The minimum absolute atomic E-state index is 0.115. The van der Waals surface area contributed by atoms with Crippen LogP contribution in [0.25, 0.3) is 11.0 Å². The number of hydrogen-bond acceptors (Lipinski definition) is 9. The normalized spacial score (nSPS) is 12.5. The Labute approximate surface area is 209 Å². The summed E-state index contributed by atoms with van der Waals surface area (Å²) in [5.74, 6) is -2.07. The fourth-order valence-corrected chi connectivity index (χ4v) is 4.20. The highest BCUT2D eigenvalue weighted by molar-refractivity contribution is 7.10. The van der Waals surface area contributed by atoms with Crippen LogP contribution in [0.2, 0.25) is 0 Å². The average Bonchev–Trinajstić information content (AvgIpc) is 3.21. The van der Waals surface area contributed by atoms with Gasteiger partial charge < -0.3 is 26.2 Å². The molecule has 0 aliphatic rings. The van der Waals surface area contributed by atoms with Crippen molar-refractivity contribution in [1.29, 1.82) is 0 Å². The third kappa shape index (κ3) is 5.45. The van der Waals surface area contributed by atoms with E-state index in [2.05, 4.69) is 30.3 Å². The summed E-state index contributed by atoms with van der Waals surface area (Å²) in [6.07, 6.45) is 0.278. The summed E-state index contributed by atoms with van der Waals surface area (Å²) >= 11 is 1.10. The lowest BCUT2D eigenvalue weighted by Gasteiger charge is -2.17. The molecule has 0 saturated carbocycles. The van der Waals surface area contributed by atoms with Crippen LogP contribution in [-0.2, 0) is 4.79 Å². The van der Waals surface area contributed by atoms with Crippen molar-refractivity contribution in [1.82, 2.24) is 19.7 Å². The van der Waals surface area contributed by atoms with E-state index >= 15 is 0 Å². The number of amides is 2. The number of aryl methyl sites for hydroxylation is 1. The highest BCUT2D eigenvalue weighted by Crippen LogP contribution is 2.28. The lowest BCUT2D eigenvalue weighted by atomic mass is 10.1. The van der Waals surface area contributed by atoms with Gasteiger partial charge in [0.1, 0.15) is 10.8 Å². The predicted octanol–water partition coefficient (Wildman–Crippen LogP) is 2.95. The Kier molecular flexibility index (Phi) is 7.17. The summed E-state index contributed by atoms with van der Waals surface area (Å²) in [4.78, 5) is 45.8. The molecule has 0 bridgehead atoms. The number of carbonyl (C=O) groups excluding carboxylic acids is 2. The van der Waals surface area contributed by atoms with Gasteiger partial charge in [0, 0.05) is 11.3 Å². The van der Waals surface area contributed by atoms with E-state index in [4.69, 9.17) is 0 Å². The Bertz CT molecular complexity index is 1450. The first-order chi connectivity index (χ1) is 17.2. The first-order valence-electron chi connectivity index (χ1n) is 10.8. The molecule has 12 heteroatoms. The molecule has 2 aromatic carbocycles. The molecule has 11 nitrogen and oxygen atoms in total. The zero-order valence-corrected chi connectivity index (χ0v) is 20.0. The maximum atomic E-state index is 13.1. The second-order valence-electron chi connectivity index (χ2n) is 7.91. The molecule has 36 heavy (non-hydrogen) atoms. The maximum absolute atomic E-state index is 13.1. The highest BCUT2D eigenvalue weighted by Gasteiger charge is 2.26. The molecule has 0 spiro atoms. The molecule has 2 heterocycles. The first-order valence-corrected chi connectivity index (χ1v) is 11.6. The van der Waals surface area contributed by atoms with E-state index in [1.54, 1.807) is 25.3 Å². The van der Waals surface area contributed by atoms with Gasteiger partial charge in [-0.2, -0.15) is 4.37 Å². The van der Waals surface area contributed by atoms with Crippen molar-refractivity contribution in [2.75, 3.05) is 10.6 Å². The van der Waals surface area contributed by atoms with Crippen molar-refractivity contribution in [3.63, 3.8) is 0 Å². The van der Waals surface area contributed by atoms with Crippen LogP contribution in [0.3, 0.4) is 0 Å². The van der Waals surface area contributed by atoms with Crippen LogP contribution in [0.5, 0.6) is 0 Å². The monoisotopic (exact) mass is 506 g/mol. The third-order valence-corrected chi connectivity index (χ3v) is 6.05. The van der Waals surface area contributed by atoms with Gasteiger partial charge in [0.25, 0.3) is 11.8 Å². The summed E-state index contributed by atoms with van der Waals surface area (Å²) in [5.41, 5.74) is 2.69. The minimum atomic E-state index is -1.47. The SMILES string of the molecule is Cc1nsc(Nc2cnc3ccccc3n2)c1C(=O)Nc1cccc(C(=O)NC(C(=O)O)C(C)O)c1. The fourth-order valence-electron chi connectivity index (χ4n) is 3.40. The number of carbonyl (C=O) groups is 3. The van der Waals surface area contributed by atoms with Gasteiger partial charge in [-0.25, -0.2) is 9.78 Å². The van der Waals surface area contributed by atoms with Crippen LogP contribution in [-0.4, -0.2) is 54.5 Å². The summed E-state index contributed by atoms with van der Waals surface area (Å²) in [6, 6.07) is 12.0. The smallest absolute Gasteiger partial charge is 0.328 e. The molecule has 2 amide bonds. The van der Waals surface area contributed by atoms with Gasteiger partial charge in [-0.3, -0.25) is 14.6 Å². The summed E-state index contributed by atoms with van der Waals surface area (Å²) in [7, 11) is 0. The number of benzene rings is 2. The maximum Gasteiger partial charge on any atom is 0.328 e. The Hall–Kier alpha value is -4.42. The quantitative estimate of drug-likeness (QED) is 0.241. The van der Waals surface area contributed by atoms with E-state index in [-0.39, 0.29) is 5.56 Å². The number of anilines is 3. The number of para-hydroxylation sites is 2. The van der Waals surface area contributed by atoms with E-state index in [0.29, 0.717) is 33.3 Å². The third-order valence-electron chi connectivity index (χ3n) is 5.20. The standard InChI is InChI=1S/C24H22N6O5S/c1-12-19(23(36-30-12)28-18-11-25-16-8-3-4-9-17(16)27-18)22(33)26-15-7-5-6-14(10-15)21(32)29-20(13(2)31)24(34)35/h3-11,13,20,31H,1-2H3,(H,26,33)(H,27,28)(H,29,32)(H,34,35). The number of nitrogens with zero attached hydrogens (tertiary/aromatic N) is 3. The first kappa shape index (κ1) is 24.7. The Morgan fingerprint density at radius 1 is 1.03 bits per heavy atom. The number of rotatable bonds is 8. The molecule has 0 saturated heterocycles. The van der Waals surface area contributed by atoms with E-state index in [1.165, 1.54) is 19.1 Å². The van der Waals surface area contributed by atoms with Crippen LogP contribution >= 0.6 is 11.5 Å². The molecule has 2 unspecified atom stereocenters. The van der Waals surface area contributed by atoms with Gasteiger partial charge in [0.2, 0.25) is 0 Å². The minimum Gasteiger partial charge on any atom is -0.480 e. The van der Waals surface area contributed by atoms with Gasteiger partial charge in [0.15, 0.2) is 6.04 Å². The number of aliphatic hydroxyl groups is 1. The number of fused-ring (bicyclic) bond motifs is 1. The zero-order valence-electron chi connectivity index (χ0n) is 19.2. The van der Waals surface area contributed by atoms with Crippen LogP contribution in [0.1, 0.15) is 33.3 Å². The van der Waals surface area contributed by atoms with Crippen molar-refractivity contribution < 1.29 is 24.6 Å². The molecular weight excluding hydrogens is 484 g/mol. The summed E-state index contributed by atoms with van der Waals surface area (Å²) in [6.45, 7) is 2.97.